The molecule has 2 unspecified atom stereocenters. The molecule has 7 rings (SSSR count). The van der Waals surface area contributed by atoms with E-state index in [1.165, 1.54) is 9.80 Å². The lowest BCUT2D eigenvalue weighted by atomic mass is 9.81. The van der Waals surface area contributed by atoms with Gasteiger partial charge in [0.25, 0.3) is 23.6 Å². The van der Waals surface area contributed by atoms with E-state index in [1.54, 1.807) is 0 Å². The predicted octanol–water partition coefficient (Wildman–Crippen LogP) is 9.65. The third-order valence-corrected chi connectivity index (χ3v) is 10.7. The molecule has 6 heteroatoms. The van der Waals surface area contributed by atoms with Gasteiger partial charge in [0.05, 0.1) is 0 Å². The number of fused-ring (bicyclic) bond motifs is 2. The SMILES string of the molecule is CCCCCC(CC)N1C(=O)c2ccc3c4ccc5c6c(ccc(c7ccc(c2c37)C1=O)c64)C(=O)N(C(CC)CCCCC)C5=O. The molecule has 0 radical (unpaired) electrons. The summed E-state index contributed by atoms with van der Waals surface area (Å²) in [5.74, 6) is -0.884. The Balaban J connectivity index is 1.41. The van der Waals surface area contributed by atoms with Crippen LogP contribution in [0.3, 0.4) is 0 Å². The fourth-order valence-corrected chi connectivity index (χ4v) is 8.26. The van der Waals surface area contributed by atoms with Gasteiger partial charge < -0.3 is 0 Å². The molecule has 6 nitrogen and oxygen atoms in total. The summed E-state index contributed by atoms with van der Waals surface area (Å²) in [5, 5.41) is 6.88. The van der Waals surface area contributed by atoms with E-state index in [2.05, 4.69) is 13.8 Å². The van der Waals surface area contributed by atoms with Crippen molar-refractivity contribution in [3.63, 3.8) is 0 Å². The molecule has 0 spiro atoms. The molecule has 0 saturated carbocycles. The van der Waals surface area contributed by atoms with E-state index in [-0.39, 0.29) is 35.7 Å². The van der Waals surface area contributed by atoms with E-state index in [9.17, 15) is 19.2 Å². The molecule has 0 aromatic heterocycles. The minimum absolute atomic E-state index is 0.132. The van der Waals surface area contributed by atoms with Gasteiger partial charge in [0.2, 0.25) is 0 Å². The van der Waals surface area contributed by atoms with E-state index in [4.69, 9.17) is 0 Å². The lowest BCUT2D eigenvalue weighted by molar-refractivity contribution is 0.0508. The lowest BCUT2D eigenvalue weighted by Crippen LogP contribution is -2.47. The van der Waals surface area contributed by atoms with Crippen molar-refractivity contribution < 1.29 is 19.2 Å². The van der Waals surface area contributed by atoms with Crippen molar-refractivity contribution in [2.45, 2.75) is 104 Å². The van der Waals surface area contributed by atoms with Crippen LogP contribution in [-0.4, -0.2) is 45.5 Å². The smallest absolute Gasteiger partial charge is 0.261 e. The highest BCUT2D eigenvalue weighted by atomic mass is 16.2. The van der Waals surface area contributed by atoms with Gasteiger partial charge in [-0.05, 0) is 82.3 Å². The number of benzene rings is 5. The highest BCUT2D eigenvalue weighted by molar-refractivity contribution is 6.41. The number of carbonyl (C=O) groups is 4. The topological polar surface area (TPSA) is 74.8 Å². The lowest BCUT2D eigenvalue weighted by Gasteiger charge is -2.35. The first-order chi connectivity index (χ1) is 22.4. The molecule has 46 heavy (non-hydrogen) atoms. The fourth-order valence-electron chi connectivity index (χ4n) is 8.26. The van der Waals surface area contributed by atoms with Crippen LogP contribution in [0.15, 0.2) is 48.5 Å². The van der Waals surface area contributed by atoms with Crippen LogP contribution in [-0.2, 0) is 0 Å². The van der Waals surface area contributed by atoms with Crippen LogP contribution in [0.2, 0.25) is 0 Å². The monoisotopic (exact) mass is 614 g/mol. The average Bonchev–Trinajstić information content (AvgIpc) is 3.07. The zero-order valence-electron chi connectivity index (χ0n) is 27.4. The average molecular weight is 615 g/mol. The van der Waals surface area contributed by atoms with Gasteiger partial charge in [0, 0.05) is 45.1 Å². The predicted molar refractivity (Wildman–Crippen MR) is 185 cm³/mol. The number of unbranched alkanes of at least 4 members (excludes halogenated alkanes) is 4. The van der Waals surface area contributed by atoms with Gasteiger partial charge in [-0.15, -0.1) is 0 Å². The number of imide groups is 2. The molecule has 5 aromatic rings. The van der Waals surface area contributed by atoms with Gasteiger partial charge >= 0.3 is 0 Å². The Morgan fingerprint density at radius 3 is 1.00 bits per heavy atom. The second-order valence-corrected chi connectivity index (χ2v) is 13.2. The molecular formula is C40H42N2O4. The molecule has 0 saturated heterocycles. The van der Waals surface area contributed by atoms with Crippen molar-refractivity contribution in [2.75, 3.05) is 0 Å². The van der Waals surface area contributed by atoms with Gasteiger partial charge in [-0.1, -0.05) is 90.5 Å². The van der Waals surface area contributed by atoms with Crippen LogP contribution in [0.25, 0.3) is 43.1 Å². The molecule has 2 aliphatic rings. The van der Waals surface area contributed by atoms with E-state index >= 15 is 0 Å². The van der Waals surface area contributed by atoms with E-state index in [0.717, 1.165) is 96.5 Å². The maximum absolute atomic E-state index is 14.0. The summed E-state index contributed by atoms with van der Waals surface area (Å²) in [6, 6.07) is 15.2. The molecular weight excluding hydrogens is 572 g/mol. The molecule has 2 heterocycles. The Bertz CT molecular complexity index is 1790. The summed E-state index contributed by atoms with van der Waals surface area (Å²) < 4.78 is 0. The Hall–Kier alpha value is -4.32. The molecule has 5 aromatic carbocycles. The van der Waals surface area contributed by atoms with Crippen LogP contribution >= 0.6 is 0 Å². The van der Waals surface area contributed by atoms with Crippen molar-refractivity contribution in [3.05, 3.63) is 70.8 Å². The number of carbonyl (C=O) groups excluding carboxylic acids is 4. The third-order valence-electron chi connectivity index (χ3n) is 10.7. The molecule has 0 aliphatic carbocycles. The number of hydrogen-bond acceptors (Lipinski definition) is 4. The first kappa shape index (κ1) is 30.3. The van der Waals surface area contributed by atoms with Crippen molar-refractivity contribution in [2.24, 2.45) is 0 Å². The minimum Gasteiger partial charge on any atom is -0.271 e. The van der Waals surface area contributed by atoms with E-state index < -0.39 is 0 Å². The van der Waals surface area contributed by atoms with Gasteiger partial charge in [-0.3, -0.25) is 29.0 Å². The first-order valence-electron chi connectivity index (χ1n) is 17.3. The van der Waals surface area contributed by atoms with Crippen LogP contribution in [0.1, 0.15) is 133 Å². The maximum Gasteiger partial charge on any atom is 0.261 e. The zero-order chi connectivity index (χ0) is 32.3. The number of hydrogen-bond donors (Lipinski definition) is 0. The van der Waals surface area contributed by atoms with Gasteiger partial charge in [0.15, 0.2) is 0 Å². The highest BCUT2D eigenvalue weighted by Crippen LogP contribution is 2.46. The fraction of sp³-hybridized carbons (Fsp3) is 0.400. The Labute approximate surface area is 270 Å². The van der Waals surface area contributed by atoms with Gasteiger partial charge in [0.1, 0.15) is 0 Å². The maximum atomic E-state index is 14.0. The Morgan fingerprint density at radius 2 is 0.739 bits per heavy atom. The summed E-state index contributed by atoms with van der Waals surface area (Å²) in [4.78, 5) is 59.2. The molecule has 236 valence electrons. The quantitative estimate of drug-likeness (QED) is 0.0607. The summed E-state index contributed by atoms with van der Waals surface area (Å²) in [6.45, 7) is 8.40. The highest BCUT2D eigenvalue weighted by Gasteiger charge is 2.40. The van der Waals surface area contributed by atoms with Crippen molar-refractivity contribution in [3.8, 4) is 0 Å². The van der Waals surface area contributed by atoms with Crippen molar-refractivity contribution >= 4 is 66.7 Å². The number of amides is 4. The molecule has 4 amide bonds. The van der Waals surface area contributed by atoms with E-state index in [0.29, 0.717) is 33.0 Å². The second-order valence-electron chi connectivity index (χ2n) is 13.2. The number of nitrogens with zero attached hydrogens (tertiary/aromatic N) is 2. The van der Waals surface area contributed by atoms with Crippen LogP contribution < -0.4 is 0 Å². The van der Waals surface area contributed by atoms with Crippen LogP contribution in [0.5, 0.6) is 0 Å². The molecule has 2 atom stereocenters. The molecule has 0 N–H and O–H groups in total. The van der Waals surface area contributed by atoms with Crippen molar-refractivity contribution in [1.29, 1.82) is 0 Å². The van der Waals surface area contributed by atoms with E-state index in [1.807, 2.05) is 62.4 Å². The summed E-state index contributed by atoms with van der Waals surface area (Å²) >= 11 is 0. The van der Waals surface area contributed by atoms with Gasteiger partial charge in [-0.2, -0.15) is 0 Å². The van der Waals surface area contributed by atoms with Crippen molar-refractivity contribution in [1.82, 2.24) is 9.80 Å². The summed E-state index contributed by atoms with van der Waals surface area (Å²) in [5.41, 5.74) is 2.25. The molecule has 2 aliphatic heterocycles. The zero-order valence-corrected chi connectivity index (χ0v) is 27.4. The molecule has 0 bridgehead atoms. The standard InChI is InChI=1S/C40H42N2O4/c1-5-9-11-13-23(7-3)41-37(43)29-19-15-25-27-17-21-31-36-32(40(46)42(39(31)45)24(8-4)14-12-10-6-2)22-18-28(34(27)36)26-16-20-30(38(41)44)35(29)33(25)26/h15-24H,5-14H2,1-4H3. The first-order valence-corrected chi connectivity index (χ1v) is 17.3. The normalized spacial score (nSPS) is 16.2. The Kier molecular flexibility index (Phi) is 7.78. The van der Waals surface area contributed by atoms with Crippen LogP contribution in [0, 0.1) is 0 Å². The summed E-state index contributed by atoms with van der Waals surface area (Å²) in [7, 11) is 0. The third kappa shape index (κ3) is 4.29. The molecule has 0 fully saturated rings. The second kappa shape index (κ2) is 11.8. The largest absolute Gasteiger partial charge is 0.271 e. The number of rotatable bonds is 12. The van der Waals surface area contributed by atoms with Gasteiger partial charge in [-0.25, -0.2) is 0 Å². The van der Waals surface area contributed by atoms with Crippen LogP contribution in [0.4, 0.5) is 0 Å². The Morgan fingerprint density at radius 1 is 0.435 bits per heavy atom. The summed E-state index contributed by atoms with van der Waals surface area (Å²) in [6.07, 6.45) is 9.36. The minimum atomic E-state index is -0.221.